The predicted molar refractivity (Wildman–Crippen MR) is 97.0 cm³/mol. The van der Waals surface area contributed by atoms with Crippen molar-refractivity contribution in [3.05, 3.63) is 77.2 Å². The Kier molecular flexibility index (Phi) is 6.11. The van der Waals surface area contributed by atoms with Crippen LogP contribution < -0.4 is 0 Å². The SMILES string of the molecule is FC(F)(F)c1ccc(-c2ccc3c(n2)CCN(Cc2ccccc2)C3)o1.[Na]. The van der Waals surface area contributed by atoms with Crippen molar-refractivity contribution in [2.24, 2.45) is 0 Å². The van der Waals surface area contributed by atoms with Crippen LogP contribution in [0.5, 0.6) is 0 Å². The molecule has 7 heteroatoms. The van der Waals surface area contributed by atoms with Gasteiger partial charge in [0, 0.05) is 61.3 Å². The molecule has 1 aliphatic rings. The maximum Gasteiger partial charge on any atom is 0.449 e. The Labute approximate surface area is 177 Å². The molecule has 135 valence electrons. The first-order valence-electron chi connectivity index (χ1n) is 8.41. The van der Waals surface area contributed by atoms with Gasteiger partial charge in [-0.1, -0.05) is 36.4 Å². The molecule has 0 atom stereocenters. The van der Waals surface area contributed by atoms with E-state index >= 15 is 0 Å². The van der Waals surface area contributed by atoms with Gasteiger partial charge in [-0.05, 0) is 29.3 Å². The quantitative estimate of drug-likeness (QED) is 0.624. The van der Waals surface area contributed by atoms with Gasteiger partial charge < -0.3 is 4.42 Å². The molecule has 0 unspecified atom stereocenters. The standard InChI is InChI=1S/C20H17F3N2O.Na/c21-20(22,23)19-9-8-18(26-19)17-7-6-15-13-25(11-10-16(15)24-17)12-14-4-2-1-3-5-14;/h1-9H,10-13H2;. The summed E-state index contributed by atoms with van der Waals surface area (Å²) < 4.78 is 43.0. The summed E-state index contributed by atoms with van der Waals surface area (Å²) in [6.07, 6.45) is -3.72. The molecule has 1 aromatic carbocycles. The summed E-state index contributed by atoms with van der Waals surface area (Å²) in [5.41, 5.74) is 3.74. The van der Waals surface area contributed by atoms with Gasteiger partial charge in [0.25, 0.3) is 0 Å². The Morgan fingerprint density at radius 2 is 1.78 bits per heavy atom. The molecule has 0 aliphatic carbocycles. The second kappa shape index (κ2) is 8.19. The van der Waals surface area contributed by atoms with Crippen molar-refractivity contribution in [3.8, 4) is 11.5 Å². The molecular weight excluding hydrogens is 364 g/mol. The summed E-state index contributed by atoms with van der Waals surface area (Å²) in [4.78, 5) is 6.87. The molecule has 1 radical (unpaired) electrons. The van der Waals surface area contributed by atoms with Crippen LogP contribution in [0.25, 0.3) is 11.5 Å². The normalized spacial score (nSPS) is 14.5. The molecule has 0 fully saturated rings. The molecule has 3 aromatic rings. The van der Waals surface area contributed by atoms with Gasteiger partial charge in [0.05, 0.1) is 0 Å². The minimum Gasteiger partial charge on any atom is -0.450 e. The third-order valence-corrected chi connectivity index (χ3v) is 4.51. The number of aromatic nitrogens is 1. The van der Waals surface area contributed by atoms with Gasteiger partial charge in [0.1, 0.15) is 5.69 Å². The number of halogens is 3. The number of nitrogens with zero attached hydrogens (tertiary/aromatic N) is 2. The largest absolute Gasteiger partial charge is 0.450 e. The Balaban J connectivity index is 0.00000210. The van der Waals surface area contributed by atoms with Crippen molar-refractivity contribution < 1.29 is 17.6 Å². The van der Waals surface area contributed by atoms with E-state index < -0.39 is 11.9 Å². The molecule has 3 nitrogen and oxygen atoms in total. The van der Waals surface area contributed by atoms with Gasteiger partial charge in [-0.2, -0.15) is 13.2 Å². The van der Waals surface area contributed by atoms with Crippen LogP contribution in [0, 0.1) is 0 Å². The molecule has 4 rings (SSSR count). The fourth-order valence-electron chi connectivity index (χ4n) is 3.22. The summed E-state index contributed by atoms with van der Waals surface area (Å²) in [6, 6.07) is 16.2. The third-order valence-electron chi connectivity index (χ3n) is 4.51. The average molecular weight is 381 g/mol. The predicted octanol–water partition coefficient (Wildman–Crippen LogP) is 4.54. The molecule has 3 heterocycles. The Morgan fingerprint density at radius 1 is 1.00 bits per heavy atom. The summed E-state index contributed by atoms with van der Waals surface area (Å²) in [6.45, 7) is 2.52. The monoisotopic (exact) mass is 381 g/mol. The van der Waals surface area contributed by atoms with Crippen LogP contribution in [0.1, 0.15) is 22.6 Å². The van der Waals surface area contributed by atoms with Crippen LogP contribution in [0.3, 0.4) is 0 Å². The average Bonchev–Trinajstić information content (AvgIpc) is 3.13. The zero-order valence-corrected chi connectivity index (χ0v) is 17.0. The molecule has 0 spiro atoms. The van der Waals surface area contributed by atoms with Gasteiger partial charge in [-0.15, -0.1) is 0 Å². The Hall–Kier alpha value is -1.60. The van der Waals surface area contributed by atoms with E-state index in [1.165, 1.54) is 11.6 Å². The molecule has 0 amide bonds. The van der Waals surface area contributed by atoms with E-state index in [1.54, 1.807) is 6.07 Å². The Morgan fingerprint density at radius 3 is 2.48 bits per heavy atom. The van der Waals surface area contributed by atoms with E-state index in [-0.39, 0.29) is 35.3 Å². The van der Waals surface area contributed by atoms with Gasteiger partial charge in [-0.25, -0.2) is 4.98 Å². The molecule has 27 heavy (non-hydrogen) atoms. The van der Waals surface area contributed by atoms with Gasteiger partial charge in [0.2, 0.25) is 5.76 Å². The molecular formula is C20H17F3N2NaO. The van der Waals surface area contributed by atoms with Crippen LogP contribution in [-0.2, 0) is 25.7 Å². The van der Waals surface area contributed by atoms with E-state index in [9.17, 15) is 13.2 Å². The van der Waals surface area contributed by atoms with E-state index in [0.29, 0.717) is 5.69 Å². The van der Waals surface area contributed by atoms with Crippen LogP contribution in [0.4, 0.5) is 13.2 Å². The first-order chi connectivity index (χ1) is 12.5. The minimum atomic E-state index is -4.48. The Bertz CT molecular complexity index is 909. The van der Waals surface area contributed by atoms with E-state index in [2.05, 4.69) is 22.0 Å². The fourth-order valence-corrected chi connectivity index (χ4v) is 3.22. The smallest absolute Gasteiger partial charge is 0.449 e. The van der Waals surface area contributed by atoms with Gasteiger partial charge >= 0.3 is 6.18 Å². The number of alkyl halides is 3. The summed E-state index contributed by atoms with van der Waals surface area (Å²) in [5, 5.41) is 0. The van der Waals surface area contributed by atoms with Crippen molar-refractivity contribution >= 4 is 29.6 Å². The molecule has 2 aromatic heterocycles. The molecule has 0 saturated carbocycles. The number of hydrogen-bond acceptors (Lipinski definition) is 3. The molecule has 0 N–H and O–H groups in total. The minimum absolute atomic E-state index is 0. The number of pyridine rings is 1. The van der Waals surface area contributed by atoms with Crippen molar-refractivity contribution in [2.75, 3.05) is 6.54 Å². The summed E-state index contributed by atoms with van der Waals surface area (Å²) in [7, 11) is 0. The van der Waals surface area contributed by atoms with Crippen LogP contribution in [0.2, 0.25) is 0 Å². The zero-order valence-electron chi connectivity index (χ0n) is 15.0. The van der Waals surface area contributed by atoms with Crippen molar-refractivity contribution in [1.29, 1.82) is 0 Å². The van der Waals surface area contributed by atoms with Gasteiger partial charge in [0.15, 0.2) is 5.76 Å². The molecule has 1 aliphatic heterocycles. The van der Waals surface area contributed by atoms with Crippen LogP contribution >= 0.6 is 0 Å². The van der Waals surface area contributed by atoms with Crippen LogP contribution in [-0.4, -0.2) is 46.0 Å². The van der Waals surface area contributed by atoms with Gasteiger partial charge in [-0.3, -0.25) is 4.90 Å². The molecule has 0 bridgehead atoms. The number of rotatable bonds is 3. The first kappa shape index (κ1) is 20.1. The second-order valence-corrected chi connectivity index (χ2v) is 6.41. The third kappa shape index (κ3) is 4.63. The van der Waals surface area contributed by atoms with Crippen molar-refractivity contribution in [1.82, 2.24) is 9.88 Å². The van der Waals surface area contributed by atoms with Crippen LogP contribution in [0.15, 0.2) is 59.0 Å². The zero-order chi connectivity index (χ0) is 18.1. The number of fused-ring (bicyclic) bond motifs is 1. The van der Waals surface area contributed by atoms with E-state index in [4.69, 9.17) is 4.42 Å². The van der Waals surface area contributed by atoms with E-state index in [0.717, 1.165) is 43.4 Å². The fraction of sp³-hybridized carbons (Fsp3) is 0.250. The maximum atomic E-state index is 12.7. The maximum absolute atomic E-state index is 12.7. The van der Waals surface area contributed by atoms with Crippen molar-refractivity contribution in [2.45, 2.75) is 25.7 Å². The number of hydrogen-bond donors (Lipinski definition) is 0. The topological polar surface area (TPSA) is 29.3 Å². The van der Waals surface area contributed by atoms with E-state index in [1.807, 2.05) is 24.3 Å². The summed E-state index contributed by atoms with van der Waals surface area (Å²) in [5.74, 6) is -0.854. The molecule has 0 saturated heterocycles. The van der Waals surface area contributed by atoms with Crippen molar-refractivity contribution in [3.63, 3.8) is 0 Å². The summed E-state index contributed by atoms with van der Waals surface area (Å²) >= 11 is 0. The first-order valence-corrected chi connectivity index (χ1v) is 8.41. The number of furan rings is 1. The second-order valence-electron chi connectivity index (χ2n) is 6.41. The number of benzene rings is 1.